The van der Waals surface area contributed by atoms with Crippen LogP contribution in [-0.2, 0) is 18.3 Å². The van der Waals surface area contributed by atoms with Gasteiger partial charge >= 0.3 is 0 Å². The third-order valence-electron chi connectivity index (χ3n) is 2.55. The van der Waals surface area contributed by atoms with Gasteiger partial charge in [0, 0.05) is 13.2 Å². The lowest BCUT2D eigenvalue weighted by Gasteiger charge is -2.20. The summed E-state index contributed by atoms with van der Waals surface area (Å²) in [5.74, 6) is 0. The molecule has 0 aromatic rings. The van der Waals surface area contributed by atoms with Gasteiger partial charge in [-0.2, -0.15) is 0 Å². The molecular formula is C9H22O4Si2. The quantitative estimate of drug-likeness (QED) is 0.603. The zero-order valence-electron chi connectivity index (χ0n) is 9.74. The van der Waals surface area contributed by atoms with Gasteiger partial charge in [0.15, 0.2) is 0 Å². The van der Waals surface area contributed by atoms with Gasteiger partial charge in [0.2, 0.25) is 0 Å². The van der Waals surface area contributed by atoms with E-state index in [9.17, 15) is 0 Å². The smallest absolute Gasteiger partial charge is 0.149 e. The van der Waals surface area contributed by atoms with E-state index in [1.807, 2.05) is 0 Å². The van der Waals surface area contributed by atoms with Crippen LogP contribution in [0.3, 0.4) is 0 Å². The van der Waals surface area contributed by atoms with Crippen LogP contribution < -0.4 is 0 Å². The predicted molar refractivity (Wildman–Crippen MR) is 64.6 cm³/mol. The van der Waals surface area contributed by atoms with E-state index in [1.165, 1.54) is 19.3 Å². The Kier molecular flexibility index (Phi) is 7.50. The van der Waals surface area contributed by atoms with Crippen molar-refractivity contribution in [3.05, 3.63) is 0 Å². The Balaban J connectivity index is 0.000000151. The first-order chi connectivity index (χ1) is 7.36. The minimum atomic E-state index is 0.149. The van der Waals surface area contributed by atoms with E-state index in [4.69, 9.17) is 18.3 Å². The van der Waals surface area contributed by atoms with E-state index in [1.54, 1.807) is 0 Å². The van der Waals surface area contributed by atoms with Gasteiger partial charge in [0.05, 0.1) is 0 Å². The van der Waals surface area contributed by atoms with Crippen molar-refractivity contribution >= 4 is 21.0 Å². The molecule has 4 nitrogen and oxygen atoms in total. The van der Waals surface area contributed by atoms with Crippen LogP contribution in [0.25, 0.3) is 0 Å². The fraction of sp³-hybridized carbons (Fsp3) is 1.00. The first kappa shape index (κ1) is 13.3. The van der Waals surface area contributed by atoms with Crippen molar-refractivity contribution in [1.82, 2.24) is 0 Å². The van der Waals surface area contributed by atoms with Gasteiger partial charge in [0.25, 0.3) is 0 Å². The SMILES string of the molecule is [SiH3]OC1CCCCO1.[SiH3]OC1CCCO1. The average Bonchev–Trinajstić information content (AvgIpc) is 2.84. The standard InChI is InChI=1S/C5H12O2Si.C4H10O2Si/c8-7-5-3-1-2-4-6-5;7-6-4-2-1-3-5-4/h5H,1-4H2,8H3;4H,1-3H2,7H3. The summed E-state index contributed by atoms with van der Waals surface area (Å²) in [4.78, 5) is 0. The fourth-order valence-corrected chi connectivity index (χ4v) is 2.37. The summed E-state index contributed by atoms with van der Waals surface area (Å²) >= 11 is 0. The molecule has 2 heterocycles. The van der Waals surface area contributed by atoms with Crippen LogP contribution in [0.4, 0.5) is 0 Å². The Labute approximate surface area is 97.7 Å². The lowest BCUT2D eigenvalue weighted by atomic mass is 10.2. The van der Waals surface area contributed by atoms with Crippen LogP contribution in [0, 0.1) is 0 Å². The van der Waals surface area contributed by atoms with Crippen molar-refractivity contribution in [2.24, 2.45) is 0 Å². The summed E-state index contributed by atoms with van der Waals surface area (Å²) in [6.45, 7) is 1.79. The van der Waals surface area contributed by atoms with Crippen LogP contribution in [0.15, 0.2) is 0 Å². The molecule has 2 aliphatic rings. The fourth-order valence-electron chi connectivity index (χ4n) is 1.63. The molecule has 0 radical (unpaired) electrons. The highest BCUT2D eigenvalue weighted by atomic mass is 28.2. The molecule has 2 fully saturated rings. The summed E-state index contributed by atoms with van der Waals surface area (Å²) < 4.78 is 20.5. The van der Waals surface area contributed by atoms with Gasteiger partial charge in [-0.3, -0.25) is 0 Å². The van der Waals surface area contributed by atoms with E-state index in [2.05, 4.69) is 0 Å². The van der Waals surface area contributed by atoms with E-state index in [0.717, 1.165) is 47.0 Å². The van der Waals surface area contributed by atoms with Crippen molar-refractivity contribution in [2.75, 3.05) is 13.2 Å². The van der Waals surface area contributed by atoms with Crippen molar-refractivity contribution in [3.63, 3.8) is 0 Å². The average molecular weight is 250 g/mol. The number of hydrogen-bond donors (Lipinski definition) is 0. The van der Waals surface area contributed by atoms with Gasteiger partial charge in [-0.15, -0.1) is 0 Å². The predicted octanol–water partition coefficient (Wildman–Crippen LogP) is -0.770. The molecule has 0 bridgehead atoms. The minimum absolute atomic E-state index is 0.149. The monoisotopic (exact) mass is 250 g/mol. The highest BCUT2D eigenvalue weighted by Gasteiger charge is 2.12. The molecule has 0 aliphatic carbocycles. The molecule has 2 unspecified atom stereocenters. The van der Waals surface area contributed by atoms with Crippen LogP contribution in [0.5, 0.6) is 0 Å². The Hall–Kier alpha value is 0.274. The van der Waals surface area contributed by atoms with E-state index < -0.39 is 0 Å². The molecule has 6 heteroatoms. The first-order valence-corrected chi connectivity index (χ1v) is 7.29. The maximum atomic E-state index is 5.24. The molecule has 0 aromatic heterocycles. The summed E-state index contributed by atoms with van der Waals surface area (Å²) in [5.41, 5.74) is 0. The van der Waals surface area contributed by atoms with Crippen LogP contribution in [-0.4, -0.2) is 46.8 Å². The van der Waals surface area contributed by atoms with Crippen molar-refractivity contribution < 1.29 is 18.3 Å². The van der Waals surface area contributed by atoms with Crippen LogP contribution in [0.1, 0.15) is 32.1 Å². The molecule has 0 N–H and O–H groups in total. The van der Waals surface area contributed by atoms with Gasteiger partial charge in [0.1, 0.15) is 33.6 Å². The number of rotatable bonds is 2. The molecular weight excluding hydrogens is 228 g/mol. The maximum Gasteiger partial charge on any atom is 0.149 e. The van der Waals surface area contributed by atoms with Crippen LogP contribution in [0.2, 0.25) is 0 Å². The molecule has 0 aromatic carbocycles. The Bertz CT molecular complexity index is 147. The molecule has 2 atom stereocenters. The molecule has 15 heavy (non-hydrogen) atoms. The van der Waals surface area contributed by atoms with Gasteiger partial charge in [-0.1, -0.05) is 0 Å². The topological polar surface area (TPSA) is 36.9 Å². The normalized spacial score (nSPS) is 31.2. The van der Waals surface area contributed by atoms with Gasteiger partial charge in [-0.25, -0.2) is 0 Å². The highest BCUT2D eigenvalue weighted by Crippen LogP contribution is 2.11. The van der Waals surface area contributed by atoms with Crippen molar-refractivity contribution in [3.8, 4) is 0 Å². The summed E-state index contributed by atoms with van der Waals surface area (Å²) in [6, 6.07) is 0. The van der Waals surface area contributed by atoms with Crippen LogP contribution >= 0.6 is 0 Å². The molecule has 90 valence electrons. The third-order valence-corrected chi connectivity index (χ3v) is 3.60. The molecule has 0 saturated carbocycles. The Morgan fingerprint density at radius 1 is 0.800 bits per heavy atom. The first-order valence-electron chi connectivity index (χ1n) is 5.65. The van der Waals surface area contributed by atoms with Gasteiger partial charge < -0.3 is 18.3 Å². The lowest BCUT2D eigenvalue weighted by Crippen LogP contribution is -2.20. The second kappa shape index (κ2) is 8.43. The lowest BCUT2D eigenvalue weighted by molar-refractivity contribution is -0.102. The van der Waals surface area contributed by atoms with Gasteiger partial charge in [-0.05, 0) is 32.1 Å². The number of hydrogen-bond acceptors (Lipinski definition) is 4. The zero-order valence-corrected chi connectivity index (χ0v) is 13.7. The molecule has 2 saturated heterocycles. The molecule has 0 spiro atoms. The summed E-state index contributed by atoms with van der Waals surface area (Å²) in [7, 11) is 1.61. The minimum Gasteiger partial charge on any atom is -0.404 e. The van der Waals surface area contributed by atoms with Crippen molar-refractivity contribution in [2.45, 2.75) is 44.7 Å². The molecule has 2 aliphatic heterocycles. The molecule has 0 amide bonds. The van der Waals surface area contributed by atoms with E-state index in [0.29, 0.717) is 0 Å². The molecule has 2 rings (SSSR count). The van der Waals surface area contributed by atoms with E-state index >= 15 is 0 Å². The Morgan fingerprint density at radius 3 is 1.60 bits per heavy atom. The zero-order chi connectivity index (χ0) is 10.9. The third kappa shape index (κ3) is 5.79. The second-order valence-electron chi connectivity index (χ2n) is 3.71. The Morgan fingerprint density at radius 2 is 1.33 bits per heavy atom. The number of ether oxygens (including phenoxy) is 2. The summed E-state index contributed by atoms with van der Waals surface area (Å²) in [6.07, 6.45) is 6.16. The second-order valence-corrected chi connectivity index (χ2v) is 4.65. The van der Waals surface area contributed by atoms with E-state index in [-0.39, 0.29) is 12.6 Å². The highest BCUT2D eigenvalue weighted by molar-refractivity contribution is 5.98. The maximum absolute atomic E-state index is 5.24. The van der Waals surface area contributed by atoms with Crippen molar-refractivity contribution in [1.29, 1.82) is 0 Å². The summed E-state index contributed by atoms with van der Waals surface area (Å²) in [5, 5.41) is 0. The largest absolute Gasteiger partial charge is 0.404 e.